The molecule has 6 heteroatoms. The summed E-state index contributed by atoms with van der Waals surface area (Å²) in [6, 6.07) is 13.8. The molecule has 1 fully saturated rings. The van der Waals surface area contributed by atoms with E-state index in [9.17, 15) is 4.79 Å². The molecular formula is C21H25N5O. The third kappa shape index (κ3) is 4.62. The van der Waals surface area contributed by atoms with Gasteiger partial charge in [0.25, 0.3) is 0 Å². The Kier molecular flexibility index (Phi) is 5.41. The minimum absolute atomic E-state index is 0.118. The van der Waals surface area contributed by atoms with E-state index in [1.165, 1.54) is 5.56 Å². The summed E-state index contributed by atoms with van der Waals surface area (Å²) in [5.41, 5.74) is 2.75. The molecule has 0 bridgehead atoms. The molecule has 1 amide bonds. The van der Waals surface area contributed by atoms with Crippen molar-refractivity contribution >= 4 is 11.7 Å². The van der Waals surface area contributed by atoms with Crippen LogP contribution in [0.1, 0.15) is 37.6 Å². The Bertz CT molecular complexity index is 823. The van der Waals surface area contributed by atoms with Crippen LogP contribution in [0.25, 0.3) is 0 Å². The number of carbonyl (C=O) groups is 1. The Morgan fingerprint density at radius 1 is 1.04 bits per heavy atom. The zero-order chi connectivity index (χ0) is 19.4. The molecule has 1 aromatic carbocycles. The van der Waals surface area contributed by atoms with Crippen molar-refractivity contribution in [3.63, 3.8) is 0 Å². The van der Waals surface area contributed by atoms with Crippen LogP contribution in [0.3, 0.4) is 0 Å². The van der Waals surface area contributed by atoms with E-state index in [-0.39, 0.29) is 11.3 Å². The van der Waals surface area contributed by atoms with Crippen LogP contribution in [0.5, 0.6) is 0 Å². The molecule has 1 aromatic heterocycles. The highest BCUT2D eigenvalue weighted by molar-refractivity contribution is 5.79. The number of piperazine rings is 1. The minimum Gasteiger partial charge on any atom is -0.352 e. The quantitative estimate of drug-likeness (QED) is 0.838. The van der Waals surface area contributed by atoms with Crippen LogP contribution in [0, 0.1) is 11.3 Å². The molecule has 1 aliphatic rings. The lowest BCUT2D eigenvalue weighted by atomic mass is 9.86. The number of anilines is 1. The number of aromatic nitrogens is 2. The first-order chi connectivity index (χ1) is 12.9. The molecule has 0 radical (unpaired) electrons. The number of hydrogen-bond donors (Lipinski definition) is 0. The fourth-order valence-electron chi connectivity index (χ4n) is 3.15. The number of benzene rings is 1. The molecule has 6 nitrogen and oxygen atoms in total. The molecule has 3 rings (SSSR count). The molecule has 0 unspecified atom stereocenters. The van der Waals surface area contributed by atoms with E-state index in [0.29, 0.717) is 25.2 Å². The second-order valence-corrected chi connectivity index (χ2v) is 7.88. The lowest BCUT2D eigenvalue weighted by Crippen LogP contribution is -2.49. The predicted octanol–water partition coefficient (Wildman–Crippen LogP) is 2.54. The second kappa shape index (κ2) is 7.75. The summed E-state index contributed by atoms with van der Waals surface area (Å²) >= 11 is 0. The Balaban J connectivity index is 1.54. The van der Waals surface area contributed by atoms with Crippen molar-refractivity contribution in [3.8, 4) is 6.07 Å². The van der Waals surface area contributed by atoms with Gasteiger partial charge in [-0.1, -0.05) is 45.0 Å². The Morgan fingerprint density at radius 2 is 1.70 bits per heavy atom. The molecule has 0 aliphatic carbocycles. The third-order valence-corrected chi connectivity index (χ3v) is 4.90. The zero-order valence-electron chi connectivity index (χ0n) is 16.1. The van der Waals surface area contributed by atoms with Crippen LogP contribution >= 0.6 is 0 Å². The maximum absolute atomic E-state index is 12.6. The SMILES string of the molecule is CC(C)(C)c1ccc(CC(=O)N2CCN(c3ccc(C#N)nn3)CC2)cc1. The lowest BCUT2D eigenvalue weighted by molar-refractivity contribution is -0.130. The van der Waals surface area contributed by atoms with Gasteiger partial charge in [0.05, 0.1) is 6.42 Å². The molecule has 2 heterocycles. The lowest BCUT2D eigenvalue weighted by Gasteiger charge is -2.35. The summed E-state index contributed by atoms with van der Waals surface area (Å²) in [4.78, 5) is 16.6. The van der Waals surface area contributed by atoms with E-state index >= 15 is 0 Å². The number of rotatable bonds is 3. The maximum atomic E-state index is 12.6. The van der Waals surface area contributed by atoms with Gasteiger partial charge in [-0.3, -0.25) is 4.79 Å². The molecule has 0 saturated carbocycles. The number of nitrogens with zero attached hydrogens (tertiary/aromatic N) is 5. The van der Waals surface area contributed by atoms with Gasteiger partial charge in [-0.2, -0.15) is 5.26 Å². The van der Waals surface area contributed by atoms with E-state index in [0.717, 1.165) is 24.5 Å². The van der Waals surface area contributed by atoms with Crippen molar-refractivity contribution < 1.29 is 4.79 Å². The summed E-state index contributed by atoms with van der Waals surface area (Å²) < 4.78 is 0. The Hall–Kier alpha value is -2.94. The molecule has 1 aliphatic heterocycles. The van der Waals surface area contributed by atoms with Gasteiger partial charge in [0.2, 0.25) is 5.91 Å². The largest absolute Gasteiger partial charge is 0.352 e. The smallest absolute Gasteiger partial charge is 0.227 e. The van der Waals surface area contributed by atoms with E-state index in [1.54, 1.807) is 12.1 Å². The van der Waals surface area contributed by atoms with Crippen molar-refractivity contribution in [2.24, 2.45) is 0 Å². The number of amides is 1. The highest BCUT2D eigenvalue weighted by Gasteiger charge is 2.22. The average molecular weight is 363 g/mol. The van der Waals surface area contributed by atoms with Gasteiger partial charge in [0, 0.05) is 26.2 Å². The van der Waals surface area contributed by atoms with Crippen molar-refractivity contribution in [2.45, 2.75) is 32.6 Å². The van der Waals surface area contributed by atoms with Gasteiger partial charge in [-0.15, -0.1) is 10.2 Å². The molecule has 0 N–H and O–H groups in total. The number of hydrogen-bond acceptors (Lipinski definition) is 5. The van der Waals surface area contributed by atoms with Gasteiger partial charge in [-0.05, 0) is 28.7 Å². The van der Waals surface area contributed by atoms with Crippen LogP contribution in [0.4, 0.5) is 5.82 Å². The molecule has 0 atom stereocenters. The van der Waals surface area contributed by atoms with Crippen molar-refractivity contribution in [3.05, 3.63) is 53.2 Å². The van der Waals surface area contributed by atoms with Gasteiger partial charge in [-0.25, -0.2) is 0 Å². The molecule has 1 saturated heterocycles. The molecule has 140 valence electrons. The molecule has 27 heavy (non-hydrogen) atoms. The van der Waals surface area contributed by atoms with Gasteiger partial charge in [0.1, 0.15) is 6.07 Å². The summed E-state index contributed by atoms with van der Waals surface area (Å²) in [6.07, 6.45) is 0.432. The van der Waals surface area contributed by atoms with Crippen LogP contribution in [0.15, 0.2) is 36.4 Å². The van der Waals surface area contributed by atoms with Crippen LogP contribution in [-0.2, 0) is 16.6 Å². The van der Waals surface area contributed by atoms with E-state index < -0.39 is 0 Å². The second-order valence-electron chi connectivity index (χ2n) is 7.88. The summed E-state index contributed by atoms with van der Waals surface area (Å²) in [5, 5.41) is 16.8. The summed E-state index contributed by atoms with van der Waals surface area (Å²) in [6.45, 7) is 9.33. The first kappa shape index (κ1) is 18.8. The monoisotopic (exact) mass is 363 g/mol. The number of carbonyl (C=O) groups excluding carboxylic acids is 1. The van der Waals surface area contributed by atoms with Crippen LogP contribution < -0.4 is 4.90 Å². The minimum atomic E-state index is 0.118. The molecule has 0 spiro atoms. The topological polar surface area (TPSA) is 73.1 Å². The maximum Gasteiger partial charge on any atom is 0.227 e. The summed E-state index contributed by atoms with van der Waals surface area (Å²) in [5.74, 6) is 0.905. The molecular weight excluding hydrogens is 338 g/mol. The summed E-state index contributed by atoms with van der Waals surface area (Å²) in [7, 11) is 0. The predicted molar refractivity (Wildman–Crippen MR) is 104 cm³/mol. The van der Waals surface area contributed by atoms with E-state index in [1.807, 2.05) is 11.0 Å². The van der Waals surface area contributed by atoms with Crippen LogP contribution in [-0.4, -0.2) is 47.2 Å². The standard InChI is InChI=1S/C21H25N5O/c1-21(2,3)17-6-4-16(5-7-17)14-20(27)26-12-10-25(11-13-26)19-9-8-18(15-22)23-24-19/h4-9H,10-14H2,1-3H3. The van der Waals surface area contributed by atoms with Crippen molar-refractivity contribution in [1.29, 1.82) is 5.26 Å². The van der Waals surface area contributed by atoms with E-state index in [2.05, 4.69) is 60.1 Å². The molecule has 2 aromatic rings. The fourth-order valence-corrected chi connectivity index (χ4v) is 3.15. The highest BCUT2D eigenvalue weighted by Crippen LogP contribution is 2.22. The Morgan fingerprint density at radius 3 is 2.22 bits per heavy atom. The van der Waals surface area contributed by atoms with Gasteiger partial charge < -0.3 is 9.80 Å². The zero-order valence-corrected chi connectivity index (χ0v) is 16.1. The number of nitriles is 1. The average Bonchev–Trinajstić information content (AvgIpc) is 2.68. The van der Waals surface area contributed by atoms with E-state index in [4.69, 9.17) is 5.26 Å². The first-order valence-electron chi connectivity index (χ1n) is 9.23. The van der Waals surface area contributed by atoms with Crippen molar-refractivity contribution in [2.75, 3.05) is 31.1 Å². The Labute approximate surface area is 160 Å². The first-order valence-corrected chi connectivity index (χ1v) is 9.23. The third-order valence-electron chi connectivity index (χ3n) is 4.90. The van der Waals surface area contributed by atoms with Crippen molar-refractivity contribution in [1.82, 2.24) is 15.1 Å². The van der Waals surface area contributed by atoms with Gasteiger partial charge >= 0.3 is 0 Å². The normalized spacial score (nSPS) is 14.7. The highest BCUT2D eigenvalue weighted by atomic mass is 16.2. The van der Waals surface area contributed by atoms with Crippen LogP contribution in [0.2, 0.25) is 0 Å². The van der Waals surface area contributed by atoms with Gasteiger partial charge in [0.15, 0.2) is 11.5 Å². The fraction of sp³-hybridized carbons (Fsp3) is 0.429.